The van der Waals surface area contributed by atoms with Gasteiger partial charge in [0.15, 0.2) is 0 Å². The Labute approximate surface area is 143 Å². The third-order valence-corrected chi connectivity index (χ3v) is 3.63. The summed E-state index contributed by atoms with van der Waals surface area (Å²) in [6.45, 7) is 5.22. The van der Waals surface area contributed by atoms with Gasteiger partial charge in [0.2, 0.25) is 0 Å². The van der Waals surface area contributed by atoms with Crippen LogP contribution in [0.5, 0.6) is 0 Å². The first-order valence-electron chi connectivity index (χ1n) is 7.65. The van der Waals surface area contributed by atoms with Gasteiger partial charge in [0.25, 0.3) is 0 Å². The summed E-state index contributed by atoms with van der Waals surface area (Å²) in [6, 6.07) is 4.81. The molecule has 8 heteroatoms. The largest absolute Gasteiger partial charge is 0.478 e. The van der Waals surface area contributed by atoms with E-state index in [-0.39, 0.29) is 17.9 Å². The maximum atomic E-state index is 12.3. The van der Waals surface area contributed by atoms with E-state index in [0.29, 0.717) is 21.9 Å². The number of nitrogens with two attached hydrogens (primary N) is 1. The highest BCUT2D eigenvalue weighted by Crippen LogP contribution is 2.33. The van der Waals surface area contributed by atoms with Crippen molar-refractivity contribution >= 4 is 39.7 Å². The predicted octanol–water partition coefficient (Wildman–Crippen LogP) is 2.21. The van der Waals surface area contributed by atoms with Gasteiger partial charge in [0, 0.05) is 5.39 Å². The van der Waals surface area contributed by atoms with Crippen LogP contribution in [0.3, 0.4) is 0 Å². The van der Waals surface area contributed by atoms with Gasteiger partial charge in [-0.25, -0.2) is 14.8 Å². The van der Waals surface area contributed by atoms with Crippen LogP contribution in [-0.2, 0) is 16.1 Å². The van der Waals surface area contributed by atoms with Crippen LogP contribution in [0.2, 0.25) is 0 Å². The van der Waals surface area contributed by atoms with E-state index in [0.717, 1.165) is 0 Å². The summed E-state index contributed by atoms with van der Waals surface area (Å²) in [6.07, 6.45) is 1.28. The molecule has 0 aliphatic carbocycles. The lowest BCUT2D eigenvalue weighted by atomic mass is 10.1. The van der Waals surface area contributed by atoms with Crippen molar-refractivity contribution in [3.05, 3.63) is 30.1 Å². The number of nitrogens with zero attached hydrogens (tertiary/aromatic N) is 3. The van der Waals surface area contributed by atoms with Gasteiger partial charge in [0.05, 0.1) is 16.5 Å². The molecule has 0 unspecified atom stereocenters. The van der Waals surface area contributed by atoms with Gasteiger partial charge in [-0.3, -0.25) is 4.79 Å². The number of nitrogen functional groups attached to an aromatic ring is 1. The van der Waals surface area contributed by atoms with E-state index >= 15 is 0 Å². The lowest BCUT2D eigenvalue weighted by Gasteiger charge is -2.20. The van der Waals surface area contributed by atoms with Gasteiger partial charge < -0.3 is 20.1 Å². The van der Waals surface area contributed by atoms with Gasteiger partial charge >= 0.3 is 11.9 Å². The number of carbonyl (C=O) groups excluding carboxylic acids is 1. The van der Waals surface area contributed by atoms with Crippen LogP contribution >= 0.6 is 0 Å². The van der Waals surface area contributed by atoms with E-state index in [1.165, 1.54) is 12.4 Å². The lowest BCUT2D eigenvalue weighted by Crippen LogP contribution is -2.26. The predicted molar refractivity (Wildman–Crippen MR) is 92.3 cm³/mol. The minimum atomic E-state index is -1.09. The summed E-state index contributed by atoms with van der Waals surface area (Å²) >= 11 is 0. The SMILES string of the molecule is CC(C)(C)OC(=O)Cn1c2cccc(C(=O)O)c2c2c(N)ncnc21. The number of benzene rings is 1. The second-order valence-electron chi connectivity index (χ2n) is 6.63. The van der Waals surface area contributed by atoms with Crippen LogP contribution in [-0.4, -0.2) is 37.2 Å². The van der Waals surface area contributed by atoms with Crippen LogP contribution in [0.4, 0.5) is 5.82 Å². The Balaban J connectivity index is 2.28. The Bertz CT molecular complexity index is 1000. The van der Waals surface area contributed by atoms with Crippen molar-refractivity contribution in [2.75, 3.05) is 5.73 Å². The molecule has 0 radical (unpaired) electrons. The number of fused-ring (bicyclic) bond motifs is 3. The second kappa shape index (κ2) is 5.73. The molecule has 1 aromatic carbocycles. The normalized spacial score (nSPS) is 11.8. The van der Waals surface area contributed by atoms with Crippen molar-refractivity contribution in [3.63, 3.8) is 0 Å². The van der Waals surface area contributed by atoms with Gasteiger partial charge in [0.1, 0.15) is 29.9 Å². The quantitative estimate of drug-likeness (QED) is 0.700. The van der Waals surface area contributed by atoms with Gasteiger partial charge in [-0.05, 0) is 32.9 Å². The van der Waals surface area contributed by atoms with E-state index in [1.807, 2.05) is 0 Å². The molecular formula is C17H18N4O4. The Morgan fingerprint density at radius 2 is 1.96 bits per heavy atom. The number of aromatic nitrogens is 3. The van der Waals surface area contributed by atoms with E-state index in [4.69, 9.17) is 10.5 Å². The van der Waals surface area contributed by atoms with Crippen molar-refractivity contribution in [2.45, 2.75) is 32.9 Å². The molecule has 3 aromatic rings. The highest BCUT2D eigenvalue weighted by molar-refractivity contribution is 6.19. The molecule has 0 saturated heterocycles. The van der Waals surface area contributed by atoms with E-state index < -0.39 is 17.5 Å². The number of ether oxygens (including phenoxy) is 1. The van der Waals surface area contributed by atoms with Crippen molar-refractivity contribution in [3.8, 4) is 0 Å². The maximum absolute atomic E-state index is 12.3. The van der Waals surface area contributed by atoms with Crippen LogP contribution in [0.25, 0.3) is 21.9 Å². The van der Waals surface area contributed by atoms with Crippen molar-refractivity contribution in [2.24, 2.45) is 0 Å². The van der Waals surface area contributed by atoms with Crippen molar-refractivity contribution in [1.82, 2.24) is 14.5 Å². The number of hydrogen-bond acceptors (Lipinski definition) is 6. The first-order valence-corrected chi connectivity index (χ1v) is 7.65. The Morgan fingerprint density at radius 1 is 1.24 bits per heavy atom. The molecule has 3 rings (SSSR count). The number of esters is 1. The molecule has 0 atom stereocenters. The fourth-order valence-electron chi connectivity index (χ4n) is 2.82. The lowest BCUT2D eigenvalue weighted by molar-refractivity contribution is -0.155. The van der Waals surface area contributed by atoms with Crippen LogP contribution in [0, 0.1) is 0 Å². The topological polar surface area (TPSA) is 120 Å². The summed E-state index contributed by atoms with van der Waals surface area (Å²) in [7, 11) is 0. The molecule has 25 heavy (non-hydrogen) atoms. The minimum Gasteiger partial charge on any atom is -0.478 e. The smallest absolute Gasteiger partial charge is 0.336 e. The Morgan fingerprint density at radius 3 is 2.60 bits per heavy atom. The summed E-state index contributed by atoms with van der Waals surface area (Å²) in [4.78, 5) is 32.0. The highest BCUT2D eigenvalue weighted by atomic mass is 16.6. The Kier molecular flexibility index (Phi) is 3.82. The van der Waals surface area contributed by atoms with E-state index in [1.54, 1.807) is 37.5 Å². The molecule has 0 fully saturated rings. The highest BCUT2D eigenvalue weighted by Gasteiger charge is 2.23. The minimum absolute atomic E-state index is 0.0759. The summed E-state index contributed by atoms with van der Waals surface area (Å²) < 4.78 is 6.97. The molecule has 130 valence electrons. The zero-order valence-corrected chi connectivity index (χ0v) is 14.1. The number of carbonyl (C=O) groups is 2. The first-order chi connectivity index (χ1) is 11.7. The molecule has 2 heterocycles. The third-order valence-electron chi connectivity index (χ3n) is 3.63. The van der Waals surface area contributed by atoms with Gasteiger partial charge in [-0.2, -0.15) is 0 Å². The number of rotatable bonds is 3. The number of carboxylic acid groups (broad SMARTS) is 1. The molecule has 0 aliphatic rings. The zero-order valence-electron chi connectivity index (χ0n) is 14.1. The maximum Gasteiger partial charge on any atom is 0.336 e. The average Bonchev–Trinajstić information content (AvgIpc) is 2.81. The molecule has 0 saturated carbocycles. The van der Waals surface area contributed by atoms with Crippen molar-refractivity contribution in [1.29, 1.82) is 0 Å². The molecule has 0 bridgehead atoms. The molecule has 2 aromatic heterocycles. The molecule has 0 amide bonds. The van der Waals surface area contributed by atoms with E-state index in [2.05, 4.69) is 9.97 Å². The number of hydrogen-bond donors (Lipinski definition) is 2. The molecule has 0 aliphatic heterocycles. The fourth-order valence-corrected chi connectivity index (χ4v) is 2.82. The van der Waals surface area contributed by atoms with Crippen LogP contribution in [0.15, 0.2) is 24.5 Å². The summed E-state index contributed by atoms with van der Waals surface area (Å²) in [5.74, 6) is -1.39. The van der Waals surface area contributed by atoms with Crippen molar-refractivity contribution < 1.29 is 19.4 Å². The zero-order chi connectivity index (χ0) is 18.4. The number of aromatic carboxylic acids is 1. The van der Waals surface area contributed by atoms with Crippen LogP contribution < -0.4 is 5.73 Å². The summed E-state index contributed by atoms with van der Waals surface area (Å²) in [5.41, 5.74) is 6.34. The summed E-state index contributed by atoms with van der Waals surface area (Å²) in [5, 5.41) is 10.3. The standard InChI is InChI=1S/C17H18N4O4/c1-17(2,3)25-11(22)7-21-10-6-4-5-9(16(23)24)12(10)13-14(18)19-8-20-15(13)21/h4-6,8H,7H2,1-3H3,(H,23,24)(H2,18,19,20). The molecular weight excluding hydrogens is 324 g/mol. The first kappa shape index (κ1) is 16.7. The third kappa shape index (κ3) is 2.98. The molecule has 3 N–H and O–H groups in total. The Hall–Kier alpha value is -3.16. The van der Waals surface area contributed by atoms with Gasteiger partial charge in [-0.1, -0.05) is 6.07 Å². The van der Waals surface area contributed by atoms with Gasteiger partial charge in [-0.15, -0.1) is 0 Å². The molecule has 8 nitrogen and oxygen atoms in total. The average molecular weight is 342 g/mol. The fraction of sp³-hybridized carbons (Fsp3) is 0.294. The monoisotopic (exact) mass is 342 g/mol. The molecule has 0 spiro atoms. The number of anilines is 1. The second-order valence-corrected chi connectivity index (χ2v) is 6.63. The van der Waals surface area contributed by atoms with E-state index in [9.17, 15) is 14.7 Å². The number of carboxylic acids is 1. The van der Waals surface area contributed by atoms with Crippen LogP contribution in [0.1, 0.15) is 31.1 Å².